The molecule has 2 aromatic carbocycles. The standard InChI is InChI=1S/C26H30N6O3/c1-35-21-9-5-4-8-20(21)26(34)29-13-17-11-10-16(12-18(17)14-33)23(27)22-24(28)30-15-31-25(22)32-19-6-2-3-7-19/h4-5,8-12,15,19,27,33H,2-3,6-7,13-14H2,1H3,(H,29,34)(H3,28,30,31,32). The predicted molar refractivity (Wildman–Crippen MR) is 135 cm³/mol. The largest absolute Gasteiger partial charge is 0.496 e. The first-order chi connectivity index (χ1) is 17.0. The zero-order valence-corrected chi connectivity index (χ0v) is 19.7. The average molecular weight is 475 g/mol. The Labute approximate surface area is 204 Å². The van der Waals surface area contributed by atoms with Crippen molar-refractivity contribution in [3.05, 3.63) is 76.6 Å². The number of nitrogens with two attached hydrogens (primary N) is 1. The Morgan fingerprint density at radius 3 is 2.69 bits per heavy atom. The number of nitrogen functional groups attached to an aromatic ring is 1. The van der Waals surface area contributed by atoms with Crippen LogP contribution in [-0.4, -0.2) is 39.8 Å². The van der Waals surface area contributed by atoms with Gasteiger partial charge in [-0.15, -0.1) is 0 Å². The van der Waals surface area contributed by atoms with Gasteiger partial charge in [0.25, 0.3) is 5.91 Å². The number of benzene rings is 2. The lowest BCUT2D eigenvalue weighted by atomic mass is 9.97. The van der Waals surface area contributed by atoms with E-state index >= 15 is 0 Å². The van der Waals surface area contributed by atoms with Crippen molar-refractivity contribution in [2.75, 3.05) is 18.2 Å². The Morgan fingerprint density at radius 1 is 1.17 bits per heavy atom. The molecule has 3 aromatic rings. The molecule has 0 saturated heterocycles. The van der Waals surface area contributed by atoms with E-state index in [1.165, 1.54) is 26.3 Å². The zero-order valence-electron chi connectivity index (χ0n) is 19.7. The molecule has 9 nitrogen and oxygen atoms in total. The van der Waals surface area contributed by atoms with Crippen molar-refractivity contribution < 1.29 is 14.6 Å². The molecule has 0 spiro atoms. The molecule has 0 aliphatic heterocycles. The fourth-order valence-corrected chi connectivity index (χ4v) is 4.37. The summed E-state index contributed by atoms with van der Waals surface area (Å²) in [5.74, 6) is 0.984. The minimum atomic E-state index is -0.278. The van der Waals surface area contributed by atoms with E-state index in [9.17, 15) is 9.90 Å². The van der Waals surface area contributed by atoms with E-state index in [0.29, 0.717) is 39.9 Å². The highest BCUT2D eigenvalue weighted by Gasteiger charge is 2.21. The second kappa shape index (κ2) is 11.0. The number of aromatic nitrogens is 2. The van der Waals surface area contributed by atoms with Crippen molar-refractivity contribution in [2.24, 2.45) is 0 Å². The number of hydrogen-bond donors (Lipinski definition) is 5. The van der Waals surface area contributed by atoms with E-state index < -0.39 is 0 Å². The monoisotopic (exact) mass is 474 g/mol. The molecule has 1 heterocycles. The lowest BCUT2D eigenvalue weighted by Crippen LogP contribution is -2.24. The molecule has 1 amide bonds. The molecule has 1 aromatic heterocycles. The summed E-state index contributed by atoms with van der Waals surface area (Å²) in [6.07, 6.45) is 5.84. The van der Waals surface area contributed by atoms with Crippen molar-refractivity contribution in [1.29, 1.82) is 5.41 Å². The van der Waals surface area contributed by atoms with Gasteiger partial charge in [-0.25, -0.2) is 9.97 Å². The number of para-hydroxylation sites is 1. The molecular weight excluding hydrogens is 444 g/mol. The van der Waals surface area contributed by atoms with Gasteiger partial charge < -0.3 is 26.2 Å². The second-order valence-corrected chi connectivity index (χ2v) is 8.51. The number of carbonyl (C=O) groups excluding carboxylic acids is 1. The van der Waals surface area contributed by atoms with Crippen LogP contribution >= 0.6 is 0 Å². The number of aliphatic hydroxyl groups excluding tert-OH is 1. The number of nitrogens with one attached hydrogen (secondary N) is 3. The van der Waals surface area contributed by atoms with Gasteiger partial charge >= 0.3 is 0 Å². The molecule has 0 atom stereocenters. The number of carbonyl (C=O) groups is 1. The number of aliphatic hydroxyl groups is 1. The first kappa shape index (κ1) is 24.2. The van der Waals surface area contributed by atoms with Gasteiger partial charge in [0.05, 0.1) is 30.6 Å². The Hall–Kier alpha value is -3.98. The van der Waals surface area contributed by atoms with Crippen LogP contribution in [0.3, 0.4) is 0 Å². The summed E-state index contributed by atoms with van der Waals surface area (Å²) in [7, 11) is 1.52. The maximum absolute atomic E-state index is 12.7. The molecule has 35 heavy (non-hydrogen) atoms. The number of amides is 1. The number of anilines is 2. The number of methoxy groups -OCH3 is 1. The Bertz CT molecular complexity index is 1220. The SMILES string of the molecule is COc1ccccc1C(=O)NCc1ccc(C(=N)c2c(N)ncnc2NC2CCCC2)cc1CO. The molecule has 182 valence electrons. The first-order valence-corrected chi connectivity index (χ1v) is 11.6. The fourth-order valence-electron chi connectivity index (χ4n) is 4.37. The Kier molecular flexibility index (Phi) is 7.57. The van der Waals surface area contributed by atoms with E-state index in [2.05, 4.69) is 20.6 Å². The molecule has 1 aliphatic carbocycles. The summed E-state index contributed by atoms with van der Waals surface area (Å²) in [6, 6.07) is 12.6. The Balaban J connectivity index is 1.53. The summed E-state index contributed by atoms with van der Waals surface area (Å²) in [5, 5.41) is 25.1. The minimum absolute atomic E-state index is 0.169. The van der Waals surface area contributed by atoms with Crippen LogP contribution in [0.4, 0.5) is 11.6 Å². The zero-order chi connectivity index (χ0) is 24.8. The molecule has 1 aliphatic rings. The minimum Gasteiger partial charge on any atom is -0.496 e. The third-order valence-electron chi connectivity index (χ3n) is 6.28. The highest BCUT2D eigenvalue weighted by atomic mass is 16.5. The van der Waals surface area contributed by atoms with E-state index in [0.717, 1.165) is 18.4 Å². The third kappa shape index (κ3) is 5.41. The van der Waals surface area contributed by atoms with E-state index in [-0.39, 0.29) is 30.6 Å². The maximum Gasteiger partial charge on any atom is 0.255 e. The van der Waals surface area contributed by atoms with Crippen LogP contribution < -0.4 is 21.1 Å². The van der Waals surface area contributed by atoms with Gasteiger partial charge in [-0.05, 0) is 42.2 Å². The third-order valence-corrected chi connectivity index (χ3v) is 6.28. The fraction of sp³-hybridized carbons (Fsp3) is 0.308. The van der Waals surface area contributed by atoms with Crippen LogP contribution in [0, 0.1) is 5.41 Å². The smallest absolute Gasteiger partial charge is 0.255 e. The molecule has 0 radical (unpaired) electrons. The van der Waals surface area contributed by atoms with Gasteiger partial charge in [-0.3, -0.25) is 10.2 Å². The number of rotatable bonds is 9. The summed E-state index contributed by atoms with van der Waals surface area (Å²) >= 11 is 0. The molecule has 0 unspecified atom stereocenters. The van der Waals surface area contributed by atoms with Crippen LogP contribution in [0.2, 0.25) is 0 Å². The second-order valence-electron chi connectivity index (χ2n) is 8.51. The normalized spacial score (nSPS) is 13.4. The molecule has 1 fully saturated rings. The van der Waals surface area contributed by atoms with Gasteiger partial charge in [0.15, 0.2) is 0 Å². The topological polar surface area (TPSA) is 146 Å². The van der Waals surface area contributed by atoms with Crippen molar-refractivity contribution in [3.8, 4) is 5.75 Å². The van der Waals surface area contributed by atoms with E-state index in [1.807, 2.05) is 0 Å². The quantitative estimate of drug-likeness (QED) is 0.299. The predicted octanol–water partition coefficient (Wildman–Crippen LogP) is 3.26. The highest BCUT2D eigenvalue weighted by Crippen LogP contribution is 2.27. The van der Waals surface area contributed by atoms with Crippen LogP contribution in [0.15, 0.2) is 48.8 Å². The molecule has 6 N–H and O–H groups in total. The number of ether oxygens (including phenoxy) is 1. The summed E-state index contributed by atoms with van der Waals surface area (Å²) < 4.78 is 5.26. The highest BCUT2D eigenvalue weighted by molar-refractivity contribution is 6.16. The molecular formula is C26H30N6O3. The number of nitrogens with zero attached hydrogens (tertiary/aromatic N) is 2. The van der Waals surface area contributed by atoms with Crippen molar-refractivity contribution >= 4 is 23.3 Å². The average Bonchev–Trinajstić information content (AvgIpc) is 3.40. The molecule has 9 heteroatoms. The van der Waals surface area contributed by atoms with Gasteiger partial charge in [0, 0.05) is 18.2 Å². The van der Waals surface area contributed by atoms with Crippen LogP contribution in [0.1, 0.15) is 58.3 Å². The summed E-state index contributed by atoms with van der Waals surface area (Å²) in [6.45, 7) is -0.0274. The number of hydrogen-bond acceptors (Lipinski definition) is 8. The van der Waals surface area contributed by atoms with Crippen LogP contribution in [-0.2, 0) is 13.2 Å². The van der Waals surface area contributed by atoms with Gasteiger partial charge in [0.1, 0.15) is 23.7 Å². The Morgan fingerprint density at radius 2 is 1.94 bits per heavy atom. The first-order valence-electron chi connectivity index (χ1n) is 11.6. The van der Waals surface area contributed by atoms with E-state index in [1.54, 1.807) is 42.5 Å². The maximum atomic E-state index is 12.7. The van der Waals surface area contributed by atoms with Gasteiger partial charge in [-0.1, -0.05) is 37.1 Å². The molecule has 1 saturated carbocycles. The van der Waals surface area contributed by atoms with E-state index in [4.69, 9.17) is 15.9 Å². The van der Waals surface area contributed by atoms with Crippen LogP contribution in [0.5, 0.6) is 5.75 Å². The van der Waals surface area contributed by atoms with Gasteiger partial charge in [-0.2, -0.15) is 0 Å². The molecule has 4 rings (SSSR count). The van der Waals surface area contributed by atoms with Crippen LogP contribution in [0.25, 0.3) is 0 Å². The van der Waals surface area contributed by atoms with Crippen molar-refractivity contribution in [3.63, 3.8) is 0 Å². The van der Waals surface area contributed by atoms with Crippen molar-refractivity contribution in [2.45, 2.75) is 44.9 Å². The van der Waals surface area contributed by atoms with Gasteiger partial charge in [0.2, 0.25) is 0 Å². The lowest BCUT2D eigenvalue weighted by molar-refractivity contribution is 0.0947. The lowest BCUT2D eigenvalue weighted by Gasteiger charge is -2.18. The summed E-state index contributed by atoms with van der Waals surface area (Å²) in [5.41, 5.74) is 9.12. The molecule has 0 bridgehead atoms. The van der Waals surface area contributed by atoms with Crippen molar-refractivity contribution in [1.82, 2.24) is 15.3 Å². The summed E-state index contributed by atoms with van der Waals surface area (Å²) in [4.78, 5) is 21.1.